The van der Waals surface area contributed by atoms with Crippen LogP contribution in [0.2, 0.25) is 0 Å². The van der Waals surface area contributed by atoms with Crippen LogP contribution >= 0.6 is 11.3 Å². The van der Waals surface area contributed by atoms with E-state index in [0.717, 1.165) is 19.5 Å². The second kappa shape index (κ2) is 15.6. The Hall–Kier alpha value is -1.26. The average Bonchev–Trinajstić information content (AvgIpc) is 3.10. The molecule has 28 heavy (non-hydrogen) atoms. The van der Waals surface area contributed by atoms with E-state index in [0.29, 0.717) is 5.41 Å². The molecule has 3 rings (SSSR count). The van der Waals surface area contributed by atoms with Crippen LogP contribution in [0.1, 0.15) is 91.7 Å². The second-order valence-corrected chi connectivity index (χ2v) is 9.67. The number of hydrogen-bond acceptors (Lipinski definition) is 4. The first-order valence-corrected chi connectivity index (χ1v) is 11.4. The summed E-state index contributed by atoms with van der Waals surface area (Å²) in [5, 5.41) is 4.63. The molecule has 4 heteroatoms. The number of nitrogens with one attached hydrogen (secondary N) is 1. The van der Waals surface area contributed by atoms with Crippen LogP contribution in [0.5, 0.6) is 0 Å². The first-order chi connectivity index (χ1) is 13.1. The molecular weight excluding hydrogens is 362 g/mol. The van der Waals surface area contributed by atoms with Crippen molar-refractivity contribution in [1.29, 1.82) is 0 Å². The maximum Gasteiger partial charge on any atom is 0.0985 e. The third-order valence-corrected chi connectivity index (χ3v) is 4.39. The highest BCUT2D eigenvalue weighted by atomic mass is 32.1. The van der Waals surface area contributed by atoms with Gasteiger partial charge < -0.3 is 5.32 Å². The molecule has 0 atom stereocenters. The van der Waals surface area contributed by atoms with Crippen LogP contribution in [-0.2, 0) is 18.4 Å². The Morgan fingerprint density at radius 1 is 0.857 bits per heavy atom. The third kappa shape index (κ3) is 15.8. The van der Waals surface area contributed by atoms with E-state index in [9.17, 15) is 0 Å². The Balaban J connectivity index is 0. The molecule has 1 N–H and O–H groups in total. The number of nitrogens with zero attached hydrogens (tertiary/aromatic N) is 2. The molecule has 2 aromatic rings. The molecule has 0 amide bonds. The van der Waals surface area contributed by atoms with Crippen molar-refractivity contribution in [3.63, 3.8) is 0 Å². The summed E-state index contributed by atoms with van der Waals surface area (Å²) < 4.78 is 0. The zero-order chi connectivity index (χ0) is 22.2. The van der Waals surface area contributed by atoms with Gasteiger partial charge in [0, 0.05) is 35.8 Å². The highest BCUT2D eigenvalue weighted by molar-refractivity contribution is 7.11. The molecule has 162 valence electrons. The summed E-state index contributed by atoms with van der Waals surface area (Å²) in [6, 6.07) is 5.72. The van der Waals surface area contributed by atoms with E-state index in [1.807, 2.05) is 57.2 Å². The van der Waals surface area contributed by atoms with Crippen molar-refractivity contribution in [3.8, 4) is 0 Å². The molecule has 0 aromatic carbocycles. The van der Waals surface area contributed by atoms with Crippen molar-refractivity contribution in [2.75, 3.05) is 6.54 Å². The zero-order valence-corrected chi connectivity index (χ0v) is 21.1. The lowest BCUT2D eigenvalue weighted by atomic mass is 9.98. The summed E-state index contributed by atoms with van der Waals surface area (Å²) in [6.45, 7) is 25.5. The number of fused-ring (bicyclic) bond motifs is 1. The van der Waals surface area contributed by atoms with Gasteiger partial charge in [0.1, 0.15) is 0 Å². The van der Waals surface area contributed by atoms with Gasteiger partial charge in [0.25, 0.3) is 0 Å². The standard InChI is InChI=1S/C10H16N2S.C5H5N.C5H12.2C2H6/c1-10(2,3)9-12-7-6-11-5-4-8(7)13-9;1-2-4-6-5-3-1;1-5(2,3)4;2*1-2/h11H,4-6H2,1-3H3;1-5H;1-4H3;2*1-2H3. The average molecular weight is 408 g/mol. The number of pyridine rings is 1. The van der Waals surface area contributed by atoms with Crippen LogP contribution in [0.3, 0.4) is 0 Å². The van der Waals surface area contributed by atoms with Crippen molar-refractivity contribution < 1.29 is 0 Å². The fourth-order valence-corrected chi connectivity index (χ4v) is 2.89. The molecule has 0 spiro atoms. The summed E-state index contributed by atoms with van der Waals surface area (Å²) >= 11 is 1.89. The normalized spacial score (nSPS) is 12.2. The quantitative estimate of drug-likeness (QED) is 0.499. The molecule has 0 unspecified atom stereocenters. The highest BCUT2D eigenvalue weighted by Crippen LogP contribution is 2.30. The highest BCUT2D eigenvalue weighted by Gasteiger charge is 2.22. The molecule has 3 heterocycles. The minimum Gasteiger partial charge on any atom is -0.311 e. The number of rotatable bonds is 0. The minimum atomic E-state index is 0.210. The van der Waals surface area contributed by atoms with Gasteiger partial charge in [0.15, 0.2) is 0 Å². The summed E-state index contributed by atoms with van der Waals surface area (Å²) in [6.07, 6.45) is 4.66. The molecule has 0 aliphatic carbocycles. The zero-order valence-electron chi connectivity index (χ0n) is 20.3. The van der Waals surface area contributed by atoms with E-state index >= 15 is 0 Å². The predicted octanol–water partition coefficient (Wildman–Crippen LogP) is 7.27. The second-order valence-electron chi connectivity index (χ2n) is 8.59. The fourth-order valence-electron chi connectivity index (χ4n) is 1.76. The van der Waals surface area contributed by atoms with Gasteiger partial charge in [0.05, 0.1) is 10.7 Å². The van der Waals surface area contributed by atoms with Gasteiger partial charge in [-0.05, 0) is 24.0 Å². The topological polar surface area (TPSA) is 37.8 Å². The van der Waals surface area contributed by atoms with E-state index < -0.39 is 0 Å². The third-order valence-electron chi connectivity index (χ3n) is 2.81. The molecule has 0 bridgehead atoms. The first-order valence-electron chi connectivity index (χ1n) is 10.6. The summed E-state index contributed by atoms with van der Waals surface area (Å²) in [7, 11) is 0. The number of aromatic nitrogens is 2. The number of hydrogen-bond donors (Lipinski definition) is 1. The van der Waals surface area contributed by atoms with Crippen LogP contribution in [0.15, 0.2) is 30.6 Å². The Labute approximate surface area is 179 Å². The molecule has 0 saturated heterocycles. The largest absolute Gasteiger partial charge is 0.311 e. The van der Waals surface area contributed by atoms with E-state index in [4.69, 9.17) is 0 Å². The van der Waals surface area contributed by atoms with Crippen molar-refractivity contribution in [3.05, 3.63) is 46.2 Å². The van der Waals surface area contributed by atoms with Gasteiger partial charge in [-0.15, -0.1) is 11.3 Å². The van der Waals surface area contributed by atoms with Gasteiger partial charge in [-0.25, -0.2) is 4.98 Å². The lowest BCUT2D eigenvalue weighted by molar-refractivity contribution is 0.469. The molecule has 0 fully saturated rings. The van der Waals surface area contributed by atoms with Crippen LogP contribution in [0.25, 0.3) is 0 Å². The minimum absolute atomic E-state index is 0.210. The Kier molecular flexibility index (Phi) is 16.2. The van der Waals surface area contributed by atoms with Gasteiger partial charge in [-0.1, -0.05) is 82.2 Å². The molecule has 3 nitrogen and oxygen atoms in total. The molecule has 0 saturated carbocycles. The molecule has 1 aliphatic rings. The van der Waals surface area contributed by atoms with Gasteiger partial charge >= 0.3 is 0 Å². The lowest BCUT2D eigenvalue weighted by Gasteiger charge is -2.13. The van der Waals surface area contributed by atoms with Gasteiger partial charge in [-0.2, -0.15) is 0 Å². The first kappa shape index (κ1) is 28.9. The predicted molar refractivity (Wildman–Crippen MR) is 128 cm³/mol. The van der Waals surface area contributed by atoms with Crippen molar-refractivity contribution in [2.45, 2.75) is 94.5 Å². The fraction of sp³-hybridized carbons (Fsp3) is 0.667. The van der Waals surface area contributed by atoms with Crippen molar-refractivity contribution >= 4 is 11.3 Å². The summed E-state index contributed by atoms with van der Waals surface area (Å²) in [5.74, 6) is 0. The summed E-state index contributed by atoms with van der Waals surface area (Å²) in [4.78, 5) is 9.95. The van der Waals surface area contributed by atoms with E-state index in [1.165, 1.54) is 15.6 Å². The SMILES string of the molecule is CC.CC.CC(C)(C)C.CC(C)(C)c1nc2c(s1)CCNC2.c1ccncc1. The monoisotopic (exact) mass is 407 g/mol. The van der Waals surface area contributed by atoms with E-state index in [2.05, 4.69) is 63.8 Å². The van der Waals surface area contributed by atoms with E-state index in [-0.39, 0.29) is 5.41 Å². The lowest BCUT2D eigenvalue weighted by Crippen LogP contribution is -2.22. The molecule has 0 radical (unpaired) electrons. The Morgan fingerprint density at radius 3 is 1.68 bits per heavy atom. The van der Waals surface area contributed by atoms with Crippen LogP contribution in [0, 0.1) is 5.41 Å². The number of thiazole rings is 1. The van der Waals surface area contributed by atoms with Crippen LogP contribution in [-0.4, -0.2) is 16.5 Å². The van der Waals surface area contributed by atoms with E-state index in [1.54, 1.807) is 12.4 Å². The van der Waals surface area contributed by atoms with Crippen LogP contribution < -0.4 is 5.32 Å². The molecular formula is C24H45N3S. The Bertz CT molecular complexity index is 522. The maximum atomic E-state index is 4.68. The Morgan fingerprint density at radius 2 is 1.36 bits per heavy atom. The van der Waals surface area contributed by atoms with Crippen LogP contribution in [0.4, 0.5) is 0 Å². The van der Waals surface area contributed by atoms with Crippen molar-refractivity contribution in [1.82, 2.24) is 15.3 Å². The van der Waals surface area contributed by atoms with Gasteiger partial charge in [-0.3, -0.25) is 4.98 Å². The molecule has 1 aliphatic heterocycles. The van der Waals surface area contributed by atoms with Crippen molar-refractivity contribution in [2.24, 2.45) is 5.41 Å². The molecule has 2 aromatic heterocycles. The van der Waals surface area contributed by atoms with Gasteiger partial charge in [0.2, 0.25) is 0 Å². The summed E-state index contributed by atoms with van der Waals surface area (Å²) in [5.41, 5.74) is 1.99. The smallest absolute Gasteiger partial charge is 0.0985 e. The maximum absolute atomic E-state index is 4.68.